The van der Waals surface area contributed by atoms with Gasteiger partial charge < -0.3 is 16.0 Å². The number of anilines is 1. The highest BCUT2D eigenvalue weighted by Gasteiger charge is 2.55. The first-order valence-corrected chi connectivity index (χ1v) is 11.9. The number of fused-ring (bicyclic) bond motifs is 2. The molecule has 0 aromatic heterocycles. The molecule has 1 spiro atoms. The van der Waals surface area contributed by atoms with Crippen molar-refractivity contribution in [2.24, 2.45) is 0 Å². The van der Waals surface area contributed by atoms with Crippen molar-refractivity contribution in [3.05, 3.63) is 101 Å². The fraction of sp³-hybridized carbons (Fsp3) is 0.214. The van der Waals surface area contributed by atoms with Crippen molar-refractivity contribution in [3.8, 4) is 0 Å². The van der Waals surface area contributed by atoms with Gasteiger partial charge in [-0.3, -0.25) is 19.3 Å². The van der Waals surface area contributed by atoms with Crippen molar-refractivity contribution in [2.75, 3.05) is 11.9 Å². The summed E-state index contributed by atoms with van der Waals surface area (Å²) in [6, 6.07) is 22.9. The lowest BCUT2D eigenvalue weighted by Crippen LogP contribution is -2.43. The van der Waals surface area contributed by atoms with E-state index in [1.54, 1.807) is 24.3 Å². The molecule has 182 valence electrons. The van der Waals surface area contributed by atoms with E-state index in [4.69, 9.17) is 0 Å². The maximum absolute atomic E-state index is 13.3. The van der Waals surface area contributed by atoms with Crippen LogP contribution < -0.4 is 16.0 Å². The van der Waals surface area contributed by atoms with Crippen molar-refractivity contribution >= 4 is 29.4 Å². The van der Waals surface area contributed by atoms with Crippen molar-refractivity contribution in [2.45, 2.75) is 31.3 Å². The third kappa shape index (κ3) is 4.11. The first-order chi connectivity index (χ1) is 17.4. The molecule has 2 atom stereocenters. The summed E-state index contributed by atoms with van der Waals surface area (Å²) in [5.74, 6) is -1.35. The number of rotatable bonds is 6. The van der Waals surface area contributed by atoms with E-state index >= 15 is 0 Å². The van der Waals surface area contributed by atoms with Gasteiger partial charge in [0.25, 0.3) is 11.8 Å². The molecule has 1 heterocycles. The van der Waals surface area contributed by atoms with E-state index < -0.39 is 29.9 Å². The quantitative estimate of drug-likeness (QED) is 0.467. The Morgan fingerprint density at radius 2 is 1.67 bits per heavy atom. The van der Waals surface area contributed by atoms with Gasteiger partial charge in [0.15, 0.2) is 0 Å². The van der Waals surface area contributed by atoms with Crippen LogP contribution in [0.15, 0.2) is 78.9 Å². The summed E-state index contributed by atoms with van der Waals surface area (Å²) in [5, 5.41) is 8.45. The van der Waals surface area contributed by atoms with Crippen LogP contribution in [0.4, 0.5) is 10.5 Å². The number of para-hydroxylation sites is 1. The van der Waals surface area contributed by atoms with Crippen molar-refractivity contribution in [3.63, 3.8) is 0 Å². The second-order valence-corrected chi connectivity index (χ2v) is 9.08. The molecule has 2 unspecified atom stereocenters. The molecule has 0 saturated carbocycles. The van der Waals surface area contributed by atoms with Crippen LogP contribution in [0, 0.1) is 0 Å². The van der Waals surface area contributed by atoms with E-state index in [0.717, 1.165) is 21.6 Å². The van der Waals surface area contributed by atoms with Crippen molar-refractivity contribution in [1.82, 2.24) is 15.5 Å². The van der Waals surface area contributed by atoms with Gasteiger partial charge in [0.1, 0.15) is 12.1 Å². The minimum Gasteiger partial charge on any atom is -0.345 e. The summed E-state index contributed by atoms with van der Waals surface area (Å²) in [7, 11) is 0. The van der Waals surface area contributed by atoms with Gasteiger partial charge in [-0.25, -0.2) is 4.79 Å². The van der Waals surface area contributed by atoms with Gasteiger partial charge in [-0.2, -0.15) is 0 Å². The summed E-state index contributed by atoms with van der Waals surface area (Å²) < 4.78 is 0. The van der Waals surface area contributed by atoms with E-state index in [-0.39, 0.29) is 17.5 Å². The summed E-state index contributed by atoms with van der Waals surface area (Å²) in [5.41, 5.74) is 2.20. The van der Waals surface area contributed by atoms with Crippen LogP contribution in [-0.4, -0.2) is 35.2 Å². The second kappa shape index (κ2) is 9.30. The van der Waals surface area contributed by atoms with Gasteiger partial charge in [-0.15, -0.1) is 0 Å². The molecule has 3 aromatic rings. The maximum atomic E-state index is 13.3. The highest BCUT2D eigenvalue weighted by Crippen LogP contribution is 2.41. The average molecular weight is 483 g/mol. The number of carbonyl (C=O) groups is 4. The van der Waals surface area contributed by atoms with Gasteiger partial charge in [-0.1, -0.05) is 66.7 Å². The molecule has 5 rings (SSSR count). The van der Waals surface area contributed by atoms with E-state index in [2.05, 4.69) is 16.0 Å². The molecule has 5 amide bonds. The van der Waals surface area contributed by atoms with Gasteiger partial charge in [0, 0.05) is 0 Å². The highest BCUT2D eigenvalue weighted by molar-refractivity contribution is 6.11. The molecule has 3 aromatic carbocycles. The summed E-state index contributed by atoms with van der Waals surface area (Å²) in [6.07, 6.45) is 1.13. The number of hydrogen-bond donors (Lipinski definition) is 3. The molecule has 36 heavy (non-hydrogen) atoms. The van der Waals surface area contributed by atoms with Crippen LogP contribution in [0.2, 0.25) is 0 Å². The van der Waals surface area contributed by atoms with E-state index in [1.165, 1.54) is 0 Å². The van der Waals surface area contributed by atoms with E-state index in [9.17, 15) is 19.2 Å². The average Bonchev–Trinajstić information content (AvgIpc) is 3.37. The number of imide groups is 1. The largest absolute Gasteiger partial charge is 0.345 e. The van der Waals surface area contributed by atoms with Crippen molar-refractivity contribution in [1.29, 1.82) is 0 Å². The van der Waals surface area contributed by atoms with Gasteiger partial charge in [0.2, 0.25) is 5.91 Å². The van der Waals surface area contributed by atoms with Crippen LogP contribution in [0.3, 0.4) is 0 Å². The fourth-order valence-corrected chi connectivity index (χ4v) is 4.96. The number of nitrogens with zero attached hydrogens (tertiary/aromatic N) is 1. The van der Waals surface area contributed by atoms with Crippen molar-refractivity contribution < 1.29 is 19.2 Å². The van der Waals surface area contributed by atoms with E-state index in [0.29, 0.717) is 18.5 Å². The molecule has 1 aliphatic heterocycles. The minimum absolute atomic E-state index is 0.237. The topological polar surface area (TPSA) is 108 Å². The lowest BCUT2D eigenvalue weighted by atomic mass is 9.92. The number of nitrogens with one attached hydrogen (secondary N) is 3. The molecule has 8 nitrogen and oxygen atoms in total. The predicted octanol–water partition coefficient (Wildman–Crippen LogP) is 3.51. The normalized spacial score (nSPS) is 19.1. The zero-order valence-corrected chi connectivity index (χ0v) is 19.8. The summed E-state index contributed by atoms with van der Waals surface area (Å²) in [4.78, 5) is 52.9. The number of urea groups is 1. The Labute approximate surface area is 208 Å². The second-order valence-electron chi connectivity index (χ2n) is 9.08. The van der Waals surface area contributed by atoms with Crippen LogP contribution >= 0.6 is 0 Å². The molecular formula is C28H26N4O4. The number of aryl methyl sites for hydroxylation is 1. The molecule has 1 saturated heterocycles. The smallest absolute Gasteiger partial charge is 0.325 e. The molecule has 0 bridgehead atoms. The zero-order valence-electron chi connectivity index (χ0n) is 19.8. The predicted molar refractivity (Wildman–Crippen MR) is 134 cm³/mol. The van der Waals surface area contributed by atoms with Gasteiger partial charge >= 0.3 is 6.03 Å². The third-order valence-corrected chi connectivity index (χ3v) is 6.82. The van der Waals surface area contributed by atoms with Gasteiger partial charge in [-0.05, 0) is 48.6 Å². The molecule has 8 heteroatoms. The SMILES string of the molecule is CC(NC(=O)c1ccccc1NC(=O)CN1C(=O)NC2(CCc3ccccc32)C1=O)c1ccccc1. The molecular weight excluding hydrogens is 456 g/mol. The third-order valence-electron chi connectivity index (χ3n) is 6.82. The Morgan fingerprint density at radius 1 is 0.972 bits per heavy atom. The molecule has 1 fully saturated rings. The highest BCUT2D eigenvalue weighted by atomic mass is 16.2. The van der Waals surface area contributed by atoms with Crippen LogP contribution in [0.25, 0.3) is 0 Å². The lowest BCUT2D eigenvalue weighted by molar-refractivity contribution is -0.134. The number of benzene rings is 3. The van der Waals surface area contributed by atoms with Gasteiger partial charge in [0.05, 0.1) is 17.3 Å². The summed E-state index contributed by atoms with van der Waals surface area (Å²) >= 11 is 0. The Balaban J connectivity index is 1.28. The molecule has 1 aliphatic carbocycles. The fourth-order valence-electron chi connectivity index (χ4n) is 4.96. The molecule has 0 radical (unpaired) electrons. The Hall–Kier alpha value is -4.46. The Bertz CT molecular complexity index is 1360. The standard InChI is InChI=1S/C28H26N4O4/c1-18(19-9-3-2-4-10-19)29-25(34)21-12-6-8-14-23(21)30-24(33)17-32-26(35)28(31-27(32)36)16-15-20-11-5-7-13-22(20)28/h2-14,18H,15-17H2,1H3,(H,29,34)(H,30,33)(H,31,36). The molecule has 3 N–H and O–H groups in total. The zero-order chi connectivity index (χ0) is 25.3. The van der Waals surface area contributed by atoms with Crippen LogP contribution in [-0.2, 0) is 21.5 Å². The maximum Gasteiger partial charge on any atom is 0.325 e. The Morgan fingerprint density at radius 3 is 2.47 bits per heavy atom. The monoisotopic (exact) mass is 482 g/mol. The van der Waals surface area contributed by atoms with Crippen LogP contribution in [0.1, 0.15) is 46.4 Å². The first kappa shape index (κ1) is 23.3. The number of amides is 5. The molecule has 2 aliphatic rings. The van der Waals surface area contributed by atoms with Crippen LogP contribution in [0.5, 0.6) is 0 Å². The summed E-state index contributed by atoms with van der Waals surface area (Å²) in [6.45, 7) is 1.42. The Kier molecular flexibility index (Phi) is 6.01. The lowest BCUT2D eigenvalue weighted by Gasteiger charge is -2.22. The first-order valence-electron chi connectivity index (χ1n) is 11.9. The number of hydrogen-bond acceptors (Lipinski definition) is 4. The minimum atomic E-state index is -1.13. The number of carbonyl (C=O) groups excluding carboxylic acids is 4. The van der Waals surface area contributed by atoms with E-state index in [1.807, 2.05) is 61.5 Å².